The predicted molar refractivity (Wildman–Crippen MR) is 200 cm³/mol. The molecule has 1 aromatic carbocycles. The minimum atomic E-state index is -4.44. The van der Waals surface area contributed by atoms with Crippen LogP contribution in [0.25, 0.3) is 11.4 Å². The third kappa shape index (κ3) is 8.79. The van der Waals surface area contributed by atoms with Gasteiger partial charge in [0.05, 0.1) is 19.5 Å². The van der Waals surface area contributed by atoms with E-state index in [1.807, 2.05) is 12.2 Å². The van der Waals surface area contributed by atoms with E-state index >= 15 is 0 Å². The molecule has 2 saturated carbocycles. The summed E-state index contributed by atoms with van der Waals surface area (Å²) in [7, 11) is -1.21. The van der Waals surface area contributed by atoms with E-state index in [0.717, 1.165) is 38.5 Å². The Bertz CT molecular complexity index is 2060. The third-order valence-corrected chi connectivity index (χ3v) is 11.7. The molecule has 0 bridgehead atoms. The molecule has 56 heavy (non-hydrogen) atoms. The highest BCUT2D eigenvalue weighted by atomic mass is 32.2. The molecule has 3 fully saturated rings. The summed E-state index contributed by atoms with van der Waals surface area (Å²) in [5.74, 6) is -1.62. The summed E-state index contributed by atoms with van der Waals surface area (Å²) >= 11 is 0. The van der Waals surface area contributed by atoms with Crippen LogP contribution in [0.1, 0.15) is 76.7 Å². The summed E-state index contributed by atoms with van der Waals surface area (Å²) in [5, 5.41) is 18.7. The van der Waals surface area contributed by atoms with E-state index in [4.69, 9.17) is 9.47 Å². The van der Waals surface area contributed by atoms with Gasteiger partial charge in [0.1, 0.15) is 29.5 Å². The molecular formula is C36H47N11O8S. The molecule has 4 N–H and O–H groups in total. The van der Waals surface area contributed by atoms with Crippen molar-refractivity contribution in [3.63, 3.8) is 0 Å². The van der Waals surface area contributed by atoms with E-state index in [-0.39, 0.29) is 31.3 Å². The van der Waals surface area contributed by atoms with Gasteiger partial charge in [0.2, 0.25) is 17.6 Å². The summed E-state index contributed by atoms with van der Waals surface area (Å²) in [6.07, 6.45) is 12.4. The number of nitrogens with zero attached hydrogens (tertiary/aromatic N) is 7. The Morgan fingerprint density at radius 3 is 2.54 bits per heavy atom. The van der Waals surface area contributed by atoms with Gasteiger partial charge >= 0.3 is 16.3 Å². The fourth-order valence-corrected chi connectivity index (χ4v) is 8.53. The lowest BCUT2D eigenvalue weighted by Crippen LogP contribution is -2.58. The van der Waals surface area contributed by atoms with Gasteiger partial charge < -0.3 is 29.6 Å². The second-order valence-electron chi connectivity index (χ2n) is 14.9. The van der Waals surface area contributed by atoms with Gasteiger partial charge in [-0.3, -0.25) is 14.4 Å². The van der Waals surface area contributed by atoms with E-state index in [1.165, 1.54) is 26.8 Å². The Hall–Kier alpha value is -5.53. The normalized spacial score (nSPS) is 26.5. The number of aryl methyl sites for hydroxylation is 1. The number of alkyl carbamates (subject to hydrolysis) is 1. The Morgan fingerprint density at radius 2 is 1.80 bits per heavy atom. The standard InChI is InChI=1S/C36H47N11O8S/c1-45-21-30(37-22-45)42-56(52,53)43-34(50)36-19-24(36)10-6-4-3-5-7-13-28(38-35(51)55-27-11-8-9-12-27)33(49)46-20-25(18-29(46)32(48)39-36)47-41-31(40-44-47)23-14-16-26(54-2)17-15-23/h6,10,14-17,21-22,24-25,27-29,42H,3-5,7-9,11-13,18-20H2,1-2H3,(H,38,51)(H,39,48)(H,43,50)/b10-6+/t24?,25-,28+,29+,36-/m1/s1. The number of hydrogen-bond donors (Lipinski definition) is 4. The topological polar surface area (TPSA) is 234 Å². The molecule has 4 amide bonds. The van der Waals surface area contributed by atoms with Crippen molar-refractivity contribution in [1.82, 2.24) is 50.0 Å². The smallest absolute Gasteiger partial charge is 0.408 e. The fourth-order valence-electron chi connectivity index (χ4n) is 7.67. The lowest BCUT2D eigenvalue weighted by molar-refractivity contribution is -0.141. The number of tetrazole rings is 1. The first-order chi connectivity index (χ1) is 26.9. The molecule has 2 aliphatic carbocycles. The van der Waals surface area contributed by atoms with Gasteiger partial charge in [-0.15, -0.1) is 10.2 Å². The maximum atomic E-state index is 14.5. The molecule has 2 aromatic heterocycles. The minimum Gasteiger partial charge on any atom is -0.497 e. The first-order valence-corrected chi connectivity index (χ1v) is 20.4. The quantitative estimate of drug-likeness (QED) is 0.228. The maximum Gasteiger partial charge on any atom is 0.408 e. The first kappa shape index (κ1) is 38.7. The number of imidazole rings is 1. The number of ether oxygens (including phenoxy) is 2. The molecule has 5 atom stereocenters. The van der Waals surface area contributed by atoms with Crippen LogP contribution in [0.15, 0.2) is 48.9 Å². The van der Waals surface area contributed by atoms with E-state index in [9.17, 15) is 27.6 Å². The lowest BCUT2D eigenvalue weighted by atomic mass is 10.0. The summed E-state index contributed by atoms with van der Waals surface area (Å²) in [4.78, 5) is 62.6. The van der Waals surface area contributed by atoms with Crippen molar-refractivity contribution in [1.29, 1.82) is 0 Å². The molecule has 300 valence electrons. The summed E-state index contributed by atoms with van der Waals surface area (Å²) in [6.45, 7) is -0.00388. The van der Waals surface area contributed by atoms with Gasteiger partial charge in [0.15, 0.2) is 5.82 Å². The number of hydrogen-bond acceptors (Lipinski definition) is 12. The molecule has 4 aliphatic rings. The SMILES string of the molecule is COc1ccc(-c2nnn([C@@H]3C[C@H]4C(=O)N[C@]5(C(=O)NS(=O)(=O)Nc6cn(C)cn6)CC5/C=C/CCCCC[C@H](NC(=O)OC5CCCC5)C(=O)N4C3)n2)cc1. The Balaban J connectivity index is 1.16. The number of carbonyl (C=O) groups is 4. The van der Waals surface area contributed by atoms with E-state index < -0.39 is 63.6 Å². The first-order valence-electron chi connectivity index (χ1n) is 19.0. The van der Waals surface area contributed by atoms with Gasteiger partial charge in [-0.25, -0.2) is 19.2 Å². The molecule has 0 radical (unpaired) electrons. The molecule has 0 spiro atoms. The second kappa shape index (κ2) is 16.3. The van der Waals surface area contributed by atoms with Gasteiger partial charge in [0, 0.05) is 37.7 Å². The lowest BCUT2D eigenvalue weighted by Gasteiger charge is -2.30. The average molecular weight is 794 g/mol. The van der Waals surface area contributed by atoms with E-state index in [0.29, 0.717) is 36.4 Å². The molecule has 1 saturated heterocycles. The highest BCUT2D eigenvalue weighted by Crippen LogP contribution is 2.46. The number of rotatable bonds is 9. The van der Waals surface area contributed by atoms with Crippen LogP contribution in [-0.4, -0.2) is 104 Å². The molecular weight excluding hydrogens is 747 g/mol. The Kier molecular flexibility index (Phi) is 11.3. The van der Waals surface area contributed by atoms with Crippen LogP contribution in [0.2, 0.25) is 0 Å². The van der Waals surface area contributed by atoms with Gasteiger partial charge in [-0.1, -0.05) is 25.0 Å². The highest BCUT2D eigenvalue weighted by Gasteiger charge is 2.61. The van der Waals surface area contributed by atoms with Crippen molar-refractivity contribution in [2.75, 3.05) is 18.4 Å². The molecule has 20 heteroatoms. The number of benzene rings is 1. The van der Waals surface area contributed by atoms with Gasteiger partial charge in [0.25, 0.3) is 5.91 Å². The molecule has 2 aliphatic heterocycles. The van der Waals surface area contributed by atoms with Crippen LogP contribution in [0.5, 0.6) is 5.75 Å². The average Bonchev–Trinajstić information content (AvgIpc) is 3.78. The zero-order valence-electron chi connectivity index (χ0n) is 31.3. The van der Waals surface area contributed by atoms with E-state index in [1.54, 1.807) is 38.4 Å². The van der Waals surface area contributed by atoms with Gasteiger partial charge in [-0.05, 0) is 80.8 Å². The van der Waals surface area contributed by atoms with Crippen molar-refractivity contribution < 1.29 is 37.1 Å². The summed E-state index contributed by atoms with van der Waals surface area (Å²) in [5.41, 5.74) is -0.938. The van der Waals surface area contributed by atoms with Crippen LogP contribution in [0, 0.1) is 5.92 Å². The zero-order valence-corrected chi connectivity index (χ0v) is 32.1. The number of aromatic nitrogens is 6. The monoisotopic (exact) mass is 793 g/mol. The van der Waals surface area contributed by atoms with Crippen LogP contribution in [-0.2, 0) is 36.4 Å². The summed E-state index contributed by atoms with van der Waals surface area (Å²) in [6, 6.07) is 4.36. The van der Waals surface area contributed by atoms with Crippen molar-refractivity contribution in [3.8, 4) is 17.1 Å². The molecule has 3 aromatic rings. The van der Waals surface area contributed by atoms with Crippen LogP contribution in [0.4, 0.5) is 10.6 Å². The van der Waals surface area contributed by atoms with E-state index in [2.05, 4.69) is 40.5 Å². The number of carbonyl (C=O) groups excluding carboxylic acids is 4. The molecule has 7 rings (SSSR count). The molecule has 19 nitrogen and oxygen atoms in total. The molecule has 1 unspecified atom stereocenters. The molecule has 4 heterocycles. The number of amides is 4. The number of anilines is 1. The van der Waals surface area contributed by atoms with Crippen molar-refractivity contribution in [3.05, 3.63) is 48.9 Å². The van der Waals surface area contributed by atoms with Crippen molar-refractivity contribution >= 4 is 39.8 Å². The number of fused-ring (bicyclic) bond motifs is 2. The van der Waals surface area contributed by atoms with Gasteiger partial charge in [-0.2, -0.15) is 13.2 Å². The predicted octanol–water partition coefficient (Wildman–Crippen LogP) is 2.13. The van der Waals surface area contributed by atoms with Crippen LogP contribution in [0.3, 0.4) is 0 Å². The number of methoxy groups -OCH3 is 1. The Morgan fingerprint density at radius 1 is 1.04 bits per heavy atom. The summed E-state index contributed by atoms with van der Waals surface area (Å²) < 4.78 is 42.8. The minimum absolute atomic E-state index is 0.00181. The van der Waals surface area contributed by atoms with Crippen LogP contribution >= 0.6 is 0 Å². The Labute approximate surface area is 324 Å². The van der Waals surface area contributed by atoms with Crippen molar-refractivity contribution in [2.24, 2.45) is 13.0 Å². The fraction of sp³-hybridized carbons (Fsp3) is 0.556. The maximum absolute atomic E-state index is 14.5. The second-order valence-corrected chi connectivity index (χ2v) is 16.3. The third-order valence-electron chi connectivity index (χ3n) is 10.8. The number of allylic oxidation sites excluding steroid dienone is 1. The van der Waals surface area contributed by atoms with Crippen molar-refractivity contribution in [2.45, 2.75) is 100 Å². The van der Waals surface area contributed by atoms with Crippen LogP contribution < -0.4 is 24.8 Å². The number of nitrogens with one attached hydrogen (secondary N) is 4. The highest BCUT2D eigenvalue weighted by molar-refractivity contribution is 7.91. The largest absolute Gasteiger partial charge is 0.497 e. The zero-order chi connectivity index (χ0) is 39.5.